The fraction of sp³-hybridized carbons (Fsp3) is 0.0476. The molecule has 4 nitrogen and oxygen atoms in total. The van der Waals surface area contributed by atoms with Crippen molar-refractivity contribution in [1.29, 1.82) is 0 Å². The van der Waals surface area contributed by atoms with E-state index in [1.807, 2.05) is 0 Å². The minimum absolute atomic E-state index is 0.0354. The van der Waals surface area contributed by atoms with E-state index < -0.39 is 57.6 Å². The molecule has 0 aliphatic heterocycles. The quantitative estimate of drug-likeness (QED) is 0.319. The molecule has 0 aliphatic rings. The third-order valence-corrected chi connectivity index (χ3v) is 4.66. The van der Waals surface area contributed by atoms with E-state index in [1.54, 1.807) is 6.92 Å². The van der Waals surface area contributed by atoms with Gasteiger partial charge in [-0.3, -0.25) is 0 Å². The Morgan fingerprint density at radius 3 is 2.16 bits per heavy atom. The van der Waals surface area contributed by atoms with Crippen molar-refractivity contribution in [3.8, 4) is 22.5 Å². The number of benzene rings is 3. The summed E-state index contributed by atoms with van der Waals surface area (Å²) in [5, 5.41) is 0. The molecule has 0 fully saturated rings. The van der Waals surface area contributed by atoms with E-state index in [-0.39, 0.29) is 16.6 Å². The second-order valence-corrected chi connectivity index (χ2v) is 6.64. The standard InChI is InChI=1S/C21H10F6N2O2/c1-8-6-10(21(30)31-27)19-12(7-8)28-20(29-19)14-17(25)15(23)13(16(24)18(14)26)9-4-2-3-5-11(9)22/h2-7H,1H3,(H,28,29). The average molecular weight is 436 g/mol. The van der Waals surface area contributed by atoms with Crippen LogP contribution in [0, 0.1) is 36.0 Å². The highest BCUT2D eigenvalue weighted by Gasteiger charge is 2.30. The summed E-state index contributed by atoms with van der Waals surface area (Å²) in [6.07, 6.45) is 0. The van der Waals surface area contributed by atoms with Crippen molar-refractivity contribution in [2.45, 2.75) is 6.92 Å². The van der Waals surface area contributed by atoms with Crippen LogP contribution in [0.3, 0.4) is 0 Å². The maximum Gasteiger partial charge on any atom is 0.381 e. The zero-order valence-electron chi connectivity index (χ0n) is 15.5. The lowest BCUT2D eigenvalue weighted by atomic mass is 10.00. The number of carbonyl (C=O) groups excluding carboxylic acids is 1. The number of nitrogens with one attached hydrogen (secondary N) is 1. The van der Waals surface area contributed by atoms with E-state index in [0.717, 1.165) is 12.1 Å². The Kier molecular flexibility index (Phi) is 4.92. The number of aryl methyl sites for hydroxylation is 1. The molecule has 0 saturated carbocycles. The monoisotopic (exact) mass is 436 g/mol. The molecule has 1 aromatic heterocycles. The summed E-state index contributed by atoms with van der Waals surface area (Å²) in [7, 11) is 0. The Morgan fingerprint density at radius 2 is 1.55 bits per heavy atom. The lowest BCUT2D eigenvalue weighted by Crippen LogP contribution is -2.05. The zero-order valence-corrected chi connectivity index (χ0v) is 15.5. The summed E-state index contributed by atoms with van der Waals surface area (Å²) in [6, 6.07) is 6.96. The number of halogens is 6. The van der Waals surface area contributed by atoms with Crippen molar-refractivity contribution in [3.63, 3.8) is 0 Å². The Bertz CT molecular complexity index is 1340. The second-order valence-electron chi connectivity index (χ2n) is 6.64. The first-order valence-electron chi connectivity index (χ1n) is 8.69. The van der Waals surface area contributed by atoms with Gasteiger partial charge in [0.1, 0.15) is 17.2 Å². The molecular weight excluding hydrogens is 426 g/mol. The number of hydrogen-bond donors (Lipinski definition) is 1. The van der Waals surface area contributed by atoms with E-state index in [2.05, 4.69) is 14.9 Å². The highest BCUT2D eigenvalue weighted by Crippen LogP contribution is 2.37. The van der Waals surface area contributed by atoms with Crippen molar-refractivity contribution in [2.24, 2.45) is 0 Å². The highest BCUT2D eigenvalue weighted by molar-refractivity contribution is 6.02. The topological polar surface area (TPSA) is 55.0 Å². The fourth-order valence-corrected chi connectivity index (χ4v) is 3.32. The largest absolute Gasteiger partial charge is 0.381 e. The number of imidazole rings is 1. The van der Waals surface area contributed by atoms with Gasteiger partial charge in [-0.05, 0) is 30.7 Å². The summed E-state index contributed by atoms with van der Waals surface area (Å²) in [5.74, 6) is -10.5. The molecule has 10 heteroatoms. The van der Waals surface area contributed by atoms with Crippen molar-refractivity contribution in [2.75, 3.05) is 0 Å². The van der Waals surface area contributed by atoms with Crippen molar-refractivity contribution in [3.05, 3.63) is 76.6 Å². The highest BCUT2D eigenvalue weighted by atomic mass is 19.3. The molecule has 3 aromatic carbocycles. The van der Waals surface area contributed by atoms with Gasteiger partial charge in [-0.2, -0.15) is 0 Å². The maximum atomic E-state index is 14.8. The van der Waals surface area contributed by atoms with Gasteiger partial charge < -0.3 is 4.98 Å². The number of H-pyrrole nitrogens is 1. The van der Waals surface area contributed by atoms with Crippen LogP contribution < -0.4 is 0 Å². The van der Waals surface area contributed by atoms with Crippen molar-refractivity contribution < 1.29 is 36.2 Å². The van der Waals surface area contributed by atoms with Gasteiger partial charge in [0.2, 0.25) is 0 Å². The van der Waals surface area contributed by atoms with Gasteiger partial charge in [-0.15, -0.1) is 0 Å². The summed E-state index contributed by atoms with van der Waals surface area (Å²) in [5.41, 5.74) is -3.22. The molecule has 0 atom stereocenters. The van der Waals surface area contributed by atoms with Crippen LogP contribution in [0.25, 0.3) is 33.5 Å². The van der Waals surface area contributed by atoms with Crippen molar-refractivity contribution in [1.82, 2.24) is 9.97 Å². The Labute approximate surface area is 170 Å². The van der Waals surface area contributed by atoms with E-state index >= 15 is 0 Å². The number of carbonyl (C=O) groups is 1. The molecule has 4 rings (SSSR count). The molecule has 158 valence electrons. The Balaban J connectivity index is 1.99. The van der Waals surface area contributed by atoms with Crippen LogP contribution in [0.4, 0.5) is 26.5 Å². The van der Waals surface area contributed by atoms with Gasteiger partial charge in [0.25, 0.3) is 0 Å². The van der Waals surface area contributed by atoms with Crippen LogP contribution in [-0.2, 0) is 4.94 Å². The maximum absolute atomic E-state index is 14.8. The van der Waals surface area contributed by atoms with Crippen LogP contribution >= 0.6 is 0 Å². The zero-order chi connectivity index (χ0) is 22.4. The van der Waals surface area contributed by atoms with Crippen LogP contribution in [0.15, 0.2) is 36.4 Å². The molecule has 31 heavy (non-hydrogen) atoms. The Hall–Kier alpha value is -3.82. The first-order chi connectivity index (χ1) is 14.7. The van der Waals surface area contributed by atoms with E-state index in [1.165, 1.54) is 24.3 Å². The smallest absolute Gasteiger partial charge is 0.338 e. The second kappa shape index (κ2) is 7.46. The molecule has 1 heterocycles. The average Bonchev–Trinajstić information content (AvgIpc) is 3.16. The molecule has 1 N–H and O–H groups in total. The van der Waals surface area contributed by atoms with E-state index in [0.29, 0.717) is 5.56 Å². The number of nitrogens with zero attached hydrogens (tertiary/aromatic N) is 1. The van der Waals surface area contributed by atoms with Gasteiger partial charge in [0, 0.05) is 10.1 Å². The third kappa shape index (κ3) is 3.20. The number of aromatic nitrogens is 2. The van der Waals surface area contributed by atoms with E-state index in [9.17, 15) is 31.3 Å². The van der Waals surface area contributed by atoms with Crippen LogP contribution in [-0.4, -0.2) is 15.9 Å². The minimum Gasteiger partial charge on any atom is -0.338 e. The van der Waals surface area contributed by atoms with Gasteiger partial charge in [-0.25, -0.2) is 36.7 Å². The summed E-state index contributed by atoms with van der Waals surface area (Å²) in [6.45, 7) is 1.54. The van der Waals surface area contributed by atoms with Gasteiger partial charge >= 0.3 is 5.97 Å². The fourth-order valence-electron chi connectivity index (χ4n) is 3.32. The normalized spacial score (nSPS) is 11.2. The van der Waals surface area contributed by atoms with Gasteiger partial charge in [0.15, 0.2) is 23.3 Å². The molecule has 4 aromatic rings. The molecule has 0 unspecified atom stereocenters. The molecule has 0 amide bonds. The summed E-state index contributed by atoms with van der Waals surface area (Å²) >= 11 is 0. The van der Waals surface area contributed by atoms with Gasteiger partial charge in [0.05, 0.1) is 22.2 Å². The van der Waals surface area contributed by atoms with E-state index in [4.69, 9.17) is 0 Å². The van der Waals surface area contributed by atoms with Crippen LogP contribution in [0.5, 0.6) is 0 Å². The number of fused-ring (bicyclic) bond motifs is 1. The predicted molar refractivity (Wildman–Crippen MR) is 98.0 cm³/mol. The van der Waals surface area contributed by atoms with Crippen LogP contribution in [0.1, 0.15) is 15.9 Å². The molecule has 0 saturated heterocycles. The summed E-state index contributed by atoms with van der Waals surface area (Å²) in [4.78, 5) is 21.1. The predicted octanol–water partition coefficient (Wildman–Crippen LogP) is 5.94. The van der Waals surface area contributed by atoms with Crippen molar-refractivity contribution >= 4 is 17.0 Å². The van der Waals surface area contributed by atoms with Gasteiger partial charge in [-0.1, -0.05) is 18.2 Å². The lowest BCUT2D eigenvalue weighted by molar-refractivity contribution is -0.0786. The third-order valence-electron chi connectivity index (χ3n) is 4.66. The number of aromatic amines is 1. The van der Waals surface area contributed by atoms with Crippen LogP contribution in [0.2, 0.25) is 0 Å². The molecular formula is C21H10F6N2O2. The first-order valence-corrected chi connectivity index (χ1v) is 8.69. The lowest BCUT2D eigenvalue weighted by Gasteiger charge is -2.11. The minimum atomic E-state index is -1.83. The first kappa shape index (κ1) is 20.5. The number of hydrogen-bond acceptors (Lipinski definition) is 3. The molecule has 0 bridgehead atoms. The Morgan fingerprint density at radius 1 is 0.935 bits per heavy atom. The SMILES string of the molecule is Cc1cc(C(=O)OF)c2nc(-c3c(F)c(F)c(-c4ccccc4F)c(F)c3F)[nH]c2c1. The number of rotatable bonds is 3. The summed E-state index contributed by atoms with van der Waals surface area (Å²) < 4.78 is 85.5. The molecule has 0 aliphatic carbocycles. The molecule has 0 spiro atoms. The molecule has 0 radical (unpaired) electrons.